The molecule has 1 amide bonds. The third kappa shape index (κ3) is 2.55. The number of amides is 1. The summed E-state index contributed by atoms with van der Waals surface area (Å²) >= 11 is 5.76. The van der Waals surface area contributed by atoms with Crippen LogP contribution in [0.25, 0.3) is 0 Å². The van der Waals surface area contributed by atoms with Crippen molar-refractivity contribution in [1.29, 1.82) is 0 Å². The number of carbonyl (C=O) groups is 1. The van der Waals surface area contributed by atoms with Gasteiger partial charge in [0.2, 0.25) is 0 Å². The second-order valence-electron chi connectivity index (χ2n) is 3.86. The molecule has 0 atom stereocenters. The first-order valence-electron chi connectivity index (χ1n) is 5.04. The van der Waals surface area contributed by atoms with Crippen molar-refractivity contribution in [3.05, 3.63) is 28.8 Å². The van der Waals surface area contributed by atoms with E-state index in [1.165, 1.54) is 12.1 Å². The van der Waals surface area contributed by atoms with Gasteiger partial charge in [-0.3, -0.25) is 4.79 Å². The lowest BCUT2D eigenvalue weighted by Gasteiger charge is -2.07. The third-order valence-corrected chi connectivity index (χ3v) is 2.79. The molecule has 0 unspecified atom stereocenters. The largest absolute Gasteiger partial charge is 0.489 e. The van der Waals surface area contributed by atoms with E-state index in [-0.39, 0.29) is 22.4 Å². The van der Waals surface area contributed by atoms with Crippen molar-refractivity contribution in [2.45, 2.75) is 18.9 Å². The zero-order valence-electron chi connectivity index (χ0n) is 8.48. The van der Waals surface area contributed by atoms with Crippen LogP contribution >= 0.6 is 11.6 Å². The standard InChI is InChI=1S/C10H11BClNO3/c12-9-4-1-6(5-8(9)11(15)16)10(14)13-7-2-3-7/h1,4-5,7,15-16H,2-3H2,(H,13,14). The summed E-state index contributed by atoms with van der Waals surface area (Å²) in [6.45, 7) is 0. The Hall–Kier alpha value is -1.04. The molecule has 0 spiro atoms. The number of nitrogens with one attached hydrogen (secondary N) is 1. The minimum Gasteiger partial charge on any atom is -0.423 e. The number of benzene rings is 1. The highest BCUT2D eigenvalue weighted by Crippen LogP contribution is 2.19. The number of rotatable bonds is 3. The van der Waals surface area contributed by atoms with Crippen LogP contribution in [0.2, 0.25) is 5.02 Å². The van der Waals surface area contributed by atoms with E-state index in [4.69, 9.17) is 21.6 Å². The first-order valence-corrected chi connectivity index (χ1v) is 5.42. The SMILES string of the molecule is O=C(NC1CC1)c1ccc(Cl)c(B(O)O)c1. The van der Waals surface area contributed by atoms with Gasteiger partial charge in [0.25, 0.3) is 5.91 Å². The molecule has 0 radical (unpaired) electrons. The van der Waals surface area contributed by atoms with E-state index in [2.05, 4.69) is 5.32 Å². The van der Waals surface area contributed by atoms with Crippen LogP contribution in [0.4, 0.5) is 0 Å². The summed E-state index contributed by atoms with van der Waals surface area (Å²) in [6, 6.07) is 4.71. The molecule has 0 saturated heterocycles. The van der Waals surface area contributed by atoms with E-state index < -0.39 is 7.12 Å². The average Bonchev–Trinajstić information content (AvgIpc) is 3.01. The molecule has 1 fully saturated rings. The highest BCUT2D eigenvalue weighted by molar-refractivity contribution is 6.62. The van der Waals surface area contributed by atoms with E-state index in [1.54, 1.807) is 6.07 Å². The van der Waals surface area contributed by atoms with Crippen molar-refractivity contribution in [3.8, 4) is 0 Å². The number of hydrogen-bond donors (Lipinski definition) is 3. The van der Waals surface area contributed by atoms with Crippen LogP contribution in [0.1, 0.15) is 23.2 Å². The van der Waals surface area contributed by atoms with Crippen molar-refractivity contribution in [1.82, 2.24) is 5.32 Å². The van der Waals surface area contributed by atoms with Gasteiger partial charge in [-0.1, -0.05) is 11.6 Å². The average molecular weight is 239 g/mol. The lowest BCUT2D eigenvalue weighted by Crippen LogP contribution is -2.33. The monoisotopic (exact) mass is 239 g/mol. The van der Waals surface area contributed by atoms with Gasteiger partial charge in [0, 0.05) is 22.1 Å². The van der Waals surface area contributed by atoms with Crippen LogP contribution in [-0.2, 0) is 0 Å². The van der Waals surface area contributed by atoms with Gasteiger partial charge < -0.3 is 15.4 Å². The van der Waals surface area contributed by atoms with Crippen molar-refractivity contribution < 1.29 is 14.8 Å². The summed E-state index contributed by atoms with van der Waals surface area (Å²) in [4.78, 5) is 11.7. The molecule has 6 heteroatoms. The minimum atomic E-state index is -1.67. The zero-order chi connectivity index (χ0) is 11.7. The molecule has 1 saturated carbocycles. The number of halogens is 1. The minimum absolute atomic E-state index is 0.144. The van der Waals surface area contributed by atoms with Crippen molar-refractivity contribution in [3.63, 3.8) is 0 Å². The smallest absolute Gasteiger partial charge is 0.423 e. The van der Waals surface area contributed by atoms with E-state index in [0.29, 0.717) is 5.56 Å². The zero-order valence-corrected chi connectivity index (χ0v) is 9.24. The molecule has 16 heavy (non-hydrogen) atoms. The van der Waals surface area contributed by atoms with Crippen molar-refractivity contribution >= 4 is 30.1 Å². The Kier molecular flexibility index (Phi) is 3.19. The Labute approximate surface area is 98.4 Å². The molecule has 4 nitrogen and oxygen atoms in total. The summed E-state index contributed by atoms with van der Waals surface area (Å²) < 4.78 is 0. The quantitative estimate of drug-likeness (QED) is 0.646. The van der Waals surface area contributed by atoms with Gasteiger partial charge in [-0.05, 0) is 31.0 Å². The molecule has 84 valence electrons. The van der Waals surface area contributed by atoms with Gasteiger partial charge in [0.05, 0.1) is 0 Å². The van der Waals surface area contributed by atoms with Crippen LogP contribution in [0, 0.1) is 0 Å². The molecule has 1 aromatic carbocycles. The maximum absolute atomic E-state index is 11.7. The molecule has 1 aliphatic carbocycles. The fraction of sp³-hybridized carbons (Fsp3) is 0.300. The first kappa shape index (κ1) is 11.5. The van der Waals surface area contributed by atoms with Crippen molar-refractivity contribution in [2.75, 3.05) is 0 Å². The summed E-state index contributed by atoms with van der Waals surface area (Å²) in [5.41, 5.74) is 0.532. The Bertz CT molecular complexity index is 421. The van der Waals surface area contributed by atoms with Crippen LogP contribution in [-0.4, -0.2) is 29.1 Å². The molecular weight excluding hydrogens is 228 g/mol. The summed E-state index contributed by atoms with van der Waals surface area (Å²) in [7, 11) is -1.67. The maximum atomic E-state index is 11.7. The van der Waals surface area contributed by atoms with Crippen LogP contribution in [0.5, 0.6) is 0 Å². The van der Waals surface area contributed by atoms with E-state index >= 15 is 0 Å². The summed E-state index contributed by atoms with van der Waals surface area (Å²) in [5, 5.41) is 21.1. The van der Waals surface area contributed by atoms with E-state index in [0.717, 1.165) is 12.8 Å². The van der Waals surface area contributed by atoms with Crippen molar-refractivity contribution in [2.24, 2.45) is 0 Å². The Morgan fingerprint density at radius 2 is 2.12 bits per heavy atom. The van der Waals surface area contributed by atoms with Gasteiger partial charge in [-0.25, -0.2) is 0 Å². The van der Waals surface area contributed by atoms with Crippen LogP contribution in [0.15, 0.2) is 18.2 Å². The fourth-order valence-corrected chi connectivity index (χ4v) is 1.59. The second kappa shape index (κ2) is 4.45. The molecule has 0 heterocycles. The predicted molar refractivity (Wildman–Crippen MR) is 61.8 cm³/mol. The lowest BCUT2D eigenvalue weighted by atomic mass is 9.79. The van der Waals surface area contributed by atoms with Gasteiger partial charge in [0.15, 0.2) is 0 Å². The Morgan fingerprint density at radius 1 is 1.44 bits per heavy atom. The summed E-state index contributed by atoms with van der Waals surface area (Å²) in [6.07, 6.45) is 2.02. The molecule has 0 bridgehead atoms. The lowest BCUT2D eigenvalue weighted by molar-refractivity contribution is 0.0951. The van der Waals surface area contributed by atoms with Crippen LogP contribution in [0.3, 0.4) is 0 Å². The fourth-order valence-electron chi connectivity index (χ4n) is 1.38. The topological polar surface area (TPSA) is 69.6 Å². The maximum Gasteiger partial charge on any atom is 0.489 e. The van der Waals surface area contributed by atoms with E-state index in [1.807, 2.05) is 0 Å². The second-order valence-corrected chi connectivity index (χ2v) is 4.26. The highest BCUT2D eigenvalue weighted by atomic mass is 35.5. The van der Waals surface area contributed by atoms with Gasteiger partial charge in [0.1, 0.15) is 0 Å². The molecule has 0 aromatic heterocycles. The van der Waals surface area contributed by atoms with E-state index in [9.17, 15) is 4.79 Å². The Balaban J connectivity index is 2.20. The third-order valence-electron chi connectivity index (χ3n) is 2.45. The highest BCUT2D eigenvalue weighted by Gasteiger charge is 2.24. The molecule has 1 aromatic rings. The Morgan fingerprint density at radius 3 is 2.69 bits per heavy atom. The molecule has 0 aliphatic heterocycles. The number of carbonyl (C=O) groups excluding carboxylic acids is 1. The summed E-state index contributed by atoms with van der Waals surface area (Å²) in [5.74, 6) is -0.207. The van der Waals surface area contributed by atoms with Gasteiger partial charge in [-0.2, -0.15) is 0 Å². The first-order chi connectivity index (χ1) is 7.58. The molecular formula is C10H11BClNO3. The molecule has 1 aliphatic rings. The van der Waals surface area contributed by atoms with Crippen LogP contribution < -0.4 is 10.8 Å². The normalized spacial score (nSPS) is 14.7. The molecule has 2 rings (SSSR count). The van der Waals surface area contributed by atoms with Gasteiger partial charge >= 0.3 is 7.12 Å². The molecule has 3 N–H and O–H groups in total. The predicted octanol–water partition coefficient (Wildman–Crippen LogP) is -0.0880. The number of hydrogen-bond acceptors (Lipinski definition) is 3. The van der Waals surface area contributed by atoms with Gasteiger partial charge in [-0.15, -0.1) is 0 Å².